The molecule has 0 aliphatic carbocycles. The van der Waals surface area contributed by atoms with Crippen molar-refractivity contribution in [3.63, 3.8) is 0 Å². The van der Waals surface area contributed by atoms with E-state index in [1.165, 1.54) is 12.1 Å². The van der Waals surface area contributed by atoms with E-state index in [-0.39, 0.29) is 49.3 Å². The van der Waals surface area contributed by atoms with E-state index < -0.39 is 11.7 Å². The maximum Gasteiger partial charge on any atom is 0.416 e. The van der Waals surface area contributed by atoms with Gasteiger partial charge in [0.1, 0.15) is 0 Å². The zero-order valence-corrected chi connectivity index (χ0v) is 20.4. The molecule has 1 N–H and O–H groups in total. The molecule has 3 rings (SSSR count). The van der Waals surface area contributed by atoms with Gasteiger partial charge in [0.05, 0.1) is 42.8 Å². The van der Waals surface area contributed by atoms with Gasteiger partial charge in [0.25, 0.3) is 0 Å². The first-order chi connectivity index (χ1) is 16.6. The number of carbonyl (C=O) groups is 1. The van der Waals surface area contributed by atoms with Crippen LogP contribution in [-0.4, -0.2) is 74.7 Å². The van der Waals surface area contributed by atoms with E-state index in [1.807, 2.05) is 6.92 Å². The van der Waals surface area contributed by atoms with Crippen LogP contribution < -0.4 is 0 Å². The molecule has 0 spiro atoms. The van der Waals surface area contributed by atoms with Crippen molar-refractivity contribution in [1.82, 2.24) is 24.8 Å². The fourth-order valence-corrected chi connectivity index (χ4v) is 4.34. The summed E-state index contributed by atoms with van der Waals surface area (Å²) in [4.78, 5) is 16.4. The number of aryl methyl sites for hydroxylation is 1. The largest absolute Gasteiger partial charge is 0.416 e. The lowest BCUT2D eigenvalue weighted by molar-refractivity contribution is -0.138. The molecule has 0 unspecified atom stereocenters. The van der Waals surface area contributed by atoms with Gasteiger partial charge in [-0.1, -0.05) is 30.3 Å². The summed E-state index contributed by atoms with van der Waals surface area (Å²) >= 11 is 0. The summed E-state index contributed by atoms with van der Waals surface area (Å²) < 4.78 is 48.3. The number of aliphatic hydroxyl groups excluding tert-OH is 1. The number of rotatable bonds is 6. The predicted octanol–water partition coefficient (Wildman–Crippen LogP) is 2.95. The number of ether oxygens (including phenoxy) is 1. The summed E-state index contributed by atoms with van der Waals surface area (Å²) in [7, 11) is 1.75. The van der Waals surface area contributed by atoms with Crippen LogP contribution in [0.3, 0.4) is 0 Å². The van der Waals surface area contributed by atoms with E-state index in [2.05, 4.69) is 10.3 Å². The highest BCUT2D eigenvalue weighted by Gasteiger charge is 2.33. The zero-order chi connectivity index (χ0) is 25.6. The van der Waals surface area contributed by atoms with E-state index in [9.17, 15) is 23.1 Å². The third-order valence-corrected chi connectivity index (χ3v) is 6.39. The average molecular weight is 498 g/mol. The third kappa shape index (κ3) is 7.25. The van der Waals surface area contributed by atoms with Crippen LogP contribution in [0, 0.1) is 5.92 Å². The van der Waals surface area contributed by atoms with Gasteiger partial charge in [-0.3, -0.25) is 9.69 Å². The number of hydrogen-bond acceptors (Lipinski definition) is 6. The summed E-state index contributed by atoms with van der Waals surface area (Å²) in [6, 6.07) is 5.20. The number of aromatic nitrogens is 3. The minimum absolute atomic E-state index is 0.0631. The van der Waals surface area contributed by atoms with Gasteiger partial charge in [0.2, 0.25) is 5.91 Å². The number of fused-ring (bicyclic) bond motifs is 1. The number of halogens is 3. The minimum atomic E-state index is -4.43. The summed E-state index contributed by atoms with van der Waals surface area (Å²) in [5.74, 6) is -0.205. The maximum absolute atomic E-state index is 13.5. The molecule has 194 valence electrons. The molecule has 3 atom stereocenters. The number of hydrogen-bond donors (Lipinski definition) is 1. The van der Waals surface area contributed by atoms with Gasteiger partial charge in [-0.05, 0) is 32.0 Å². The van der Waals surface area contributed by atoms with Crippen LogP contribution in [-0.2, 0) is 35.4 Å². The van der Waals surface area contributed by atoms with Crippen LogP contribution in [0.2, 0.25) is 0 Å². The Morgan fingerprint density at radius 2 is 2.06 bits per heavy atom. The fourth-order valence-electron chi connectivity index (χ4n) is 4.34. The number of benzene rings is 1. The molecule has 2 heterocycles. The van der Waals surface area contributed by atoms with E-state index in [0.717, 1.165) is 11.8 Å². The number of alkyl halides is 3. The van der Waals surface area contributed by atoms with Crippen LogP contribution in [0.15, 0.2) is 30.5 Å². The van der Waals surface area contributed by atoms with Crippen molar-refractivity contribution in [3.05, 3.63) is 47.3 Å². The number of nitrogens with zero attached hydrogens (tertiary/aromatic N) is 5. The van der Waals surface area contributed by atoms with Gasteiger partial charge in [-0.2, -0.15) is 13.2 Å². The van der Waals surface area contributed by atoms with Gasteiger partial charge < -0.3 is 14.7 Å². The normalized spacial score (nSPS) is 21.4. The van der Waals surface area contributed by atoms with Crippen LogP contribution in [0.25, 0.3) is 0 Å². The van der Waals surface area contributed by atoms with Gasteiger partial charge >= 0.3 is 6.18 Å². The van der Waals surface area contributed by atoms with Crippen LogP contribution in [0.5, 0.6) is 0 Å². The number of likely N-dealkylation sites (N-methyl/N-ethyl adjacent to an activating group) is 1. The maximum atomic E-state index is 13.5. The Hall–Kier alpha value is -2.50. The van der Waals surface area contributed by atoms with Crippen molar-refractivity contribution in [3.8, 4) is 0 Å². The first-order valence-corrected chi connectivity index (χ1v) is 11.8. The second-order valence-electron chi connectivity index (χ2n) is 9.31. The second-order valence-corrected chi connectivity index (χ2v) is 9.31. The van der Waals surface area contributed by atoms with Gasteiger partial charge in [0, 0.05) is 38.5 Å². The Bertz CT molecular complexity index is 968. The third-order valence-electron chi connectivity index (χ3n) is 6.39. The molecule has 0 radical (unpaired) electrons. The smallest absolute Gasteiger partial charge is 0.394 e. The number of amides is 1. The fraction of sp³-hybridized carbons (Fsp3) is 0.625. The predicted molar refractivity (Wildman–Crippen MR) is 123 cm³/mol. The summed E-state index contributed by atoms with van der Waals surface area (Å²) in [5.41, 5.74) is 0.320. The summed E-state index contributed by atoms with van der Waals surface area (Å²) in [6.45, 7) is 5.16. The molecule has 1 aliphatic heterocycles. The molecule has 0 saturated carbocycles. The first kappa shape index (κ1) is 27.1. The van der Waals surface area contributed by atoms with Crippen molar-refractivity contribution in [1.29, 1.82) is 0 Å². The molecular formula is C24H34F3N5O3. The number of aliphatic hydroxyl groups is 1. The Balaban J connectivity index is 1.81. The molecule has 1 aliphatic rings. The topological polar surface area (TPSA) is 83.7 Å². The van der Waals surface area contributed by atoms with Crippen molar-refractivity contribution in [2.75, 3.05) is 26.7 Å². The van der Waals surface area contributed by atoms with E-state index in [4.69, 9.17) is 4.74 Å². The molecule has 0 bridgehead atoms. The molecule has 8 nitrogen and oxygen atoms in total. The lowest BCUT2D eigenvalue weighted by Crippen LogP contribution is -2.47. The quantitative estimate of drug-likeness (QED) is 0.661. The molecule has 1 amide bonds. The van der Waals surface area contributed by atoms with E-state index in [0.29, 0.717) is 32.5 Å². The molecule has 35 heavy (non-hydrogen) atoms. The van der Waals surface area contributed by atoms with Crippen molar-refractivity contribution in [2.24, 2.45) is 5.92 Å². The highest BCUT2D eigenvalue weighted by atomic mass is 19.4. The van der Waals surface area contributed by atoms with Crippen molar-refractivity contribution < 1.29 is 27.8 Å². The molecule has 2 aromatic rings. The SMILES string of the molecule is C[C@H](CO)N1C[C@H](C)[C@@H](CN(C)Cc2ccccc2C(F)(F)F)OCc2cnnn2CCCC1=O. The Kier molecular flexibility index (Phi) is 9.26. The monoisotopic (exact) mass is 497 g/mol. The van der Waals surface area contributed by atoms with Gasteiger partial charge in [-0.15, -0.1) is 5.10 Å². The van der Waals surface area contributed by atoms with Gasteiger partial charge in [-0.25, -0.2) is 4.68 Å². The molecule has 1 aromatic heterocycles. The minimum Gasteiger partial charge on any atom is -0.394 e. The molecule has 1 aromatic carbocycles. The zero-order valence-electron chi connectivity index (χ0n) is 20.4. The van der Waals surface area contributed by atoms with Gasteiger partial charge in [0.15, 0.2) is 0 Å². The van der Waals surface area contributed by atoms with Crippen molar-refractivity contribution in [2.45, 2.75) is 64.7 Å². The first-order valence-electron chi connectivity index (χ1n) is 11.8. The van der Waals surface area contributed by atoms with E-state index in [1.54, 1.807) is 40.7 Å². The average Bonchev–Trinajstić information content (AvgIpc) is 3.25. The van der Waals surface area contributed by atoms with Crippen molar-refractivity contribution >= 4 is 5.91 Å². The summed E-state index contributed by atoms with van der Waals surface area (Å²) in [5, 5.41) is 17.7. The summed E-state index contributed by atoms with van der Waals surface area (Å²) in [6.07, 6.45) is -2.29. The molecule has 0 saturated heterocycles. The Morgan fingerprint density at radius 1 is 1.31 bits per heavy atom. The highest BCUT2D eigenvalue weighted by Crippen LogP contribution is 2.32. The second kappa shape index (κ2) is 12.0. The van der Waals surface area contributed by atoms with Crippen LogP contribution in [0.4, 0.5) is 13.2 Å². The Morgan fingerprint density at radius 3 is 2.77 bits per heavy atom. The molecular weight excluding hydrogens is 463 g/mol. The lowest BCUT2D eigenvalue weighted by atomic mass is 10.0. The van der Waals surface area contributed by atoms with Crippen LogP contribution in [0.1, 0.15) is 43.5 Å². The lowest BCUT2D eigenvalue weighted by Gasteiger charge is -2.35. The molecule has 0 fully saturated rings. The van der Waals surface area contributed by atoms with Crippen LogP contribution >= 0.6 is 0 Å². The number of carbonyl (C=O) groups excluding carboxylic acids is 1. The highest BCUT2D eigenvalue weighted by molar-refractivity contribution is 5.76. The standard InChI is InChI=1S/C24H34F3N5O3/c1-17-12-31(18(2)15-33)23(34)9-6-10-32-20(11-28-29-32)16-35-22(17)14-30(3)13-19-7-4-5-8-21(19)24(25,26)27/h4-5,7-8,11,17-18,22,33H,6,9-10,12-16H2,1-3H3/t17-,18+,22+/m0/s1. The Labute approximate surface area is 203 Å². The molecule has 11 heteroatoms. The van der Waals surface area contributed by atoms with E-state index >= 15 is 0 Å².